The second-order valence-electron chi connectivity index (χ2n) is 9.86. The lowest BCUT2D eigenvalue weighted by Crippen LogP contribution is -2.42. The second kappa shape index (κ2) is 11.6. The first-order valence-electron chi connectivity index (χ1n) is 12.9. The molecule has 7 heteroatoms. The number of hydrogen-bond acceptors (Lipinski definition) is 5. The van der Waals surface area contributed by atoms with E-state index < -0.39 is 5.82 Å². The van der Waals surface area contributed by atoms with Crippen LogP contribution in [0.4, 0.5) is 10.1 Å². The lowest BCUT2D eigenvalue weighted by molar-refractivity contribution is 0.0829. The molecule has 36 heavy (non-hydrogen) atoms. The average molecular weight is 510 g/mol. The Morgan fingerprint density at radius 2 is 1.94 bits per heavy atom. The van der Waals surface area contributed by atoms with Gasteiger partial charge in [-0.05, 0) is 79.4 Å². The lowest BCUT2D eigenvalue weighted by Gasteiger charge is -2.41. The number of nitrogens with zero attached hydrogens (tertiary/aromatic N) is 3. The average Bonchev–Trinajstić information content (AvgIpc) is 3.09. The van der Waals surface area contributed by atoms with Gasteiger partial charge in [-0.3, -0.25) is 0 Å². The monoisotopic (exact) mass is 509 g/mol. The van der Waals surface area contributed by atoms with Gasteiger partial charge in [-0.15, -0.1) is 0 Å². The first-order chi connectivity index (χ1) is 17.6. The number of methoxy groups -OCH3 is 1. The molecule has 5 nitrogen and oxygen atoms in total. The zero-order valence-electron chi connectivity index (χ0n) is 20.8. The van der Waals surface area contributed by atoms with E-state index in [1.807, 2.05) is 24.3 Å². The van der Waals surface area contributed by atoms with E-state index in [-0.39, 0.29) is 5.02 Å². The molecule has 2 aliphatic rings. The highest BCUT2D eigenvalue weighted by molar-refractivity contribution is 6.31. The quantitative estimate of drug-likeness (QED) is 0.339. The molecule has 2 atom stereocenters. The van der Waals surface area contributed by atoms with Gasteiger partial charge in [0.1, 0.15) is 5.82 Å². The Labute approximate surface area is 216 Å². The predicted octanol–water partition coefficient (Wildman–Crippen LogP) is 6.55. The smallest absolute Gasteiger partial charge is 0.161 e. The number of benzene rings is 2. The molecule has 1 aromatic heterocycles. The molecule has 0 bridgehead atoms. The molecule has 1 aliphatic heterocycles. The number of halogens is 2. The number of likely N-dealkylation sites (tertiary alicyclic amines) is 1. The summed E-state index contributed by atoms with van der Waals surface area (Å²) in [6.45, 7) is 4.12. The van der Waals surface area contributed by atoms with Crippen LogP contribution in [-0.2, 0) is 0 Å². The number of ether oxygens (including phenoxy) is 2. The second-order valence-corrected chi connectivity index (χ2v) is 10.3. The Hall–Kier alpha value is -2.70. The molecule has 0 spiro atoms. The van der Waals surface area contributed by atoms with Gasteiger partial charge in [-0.1, -0.05) is 36.9 Å². The van der Waals surface area contributed by atoms with Crippen LogP contribution in [0.25, 0.3) is 10.8 Å². The Balaban J connectivity index is 1.32. The Kier molecular flexibility index (Phi) is 8.02. The molecule has 3 aromatic rings. The van der Waals surface area contributed by atoms with E-state index in [0.717, 1.165) is 35.6 Å². The summed E-state index contributed by atoms with van der Waals surface area (Å²) in [6.07, 6.45) is 9.64. The standard InChI is InChI=1S/C29H33ClFN3O2/c1-35-27-16-21-8-4-12-32-29(33-23-9-10-26(31)25(30)17-23)24(21)18-28(27)36-15-5-13-34-14-11-20-6-2-3-7-22(20)19-34/h4,8-10,12,16-18,20,22H,2-3,5-7,11,13-15,19H2,1H3. The van der Waals surface area contributed by atoms with Crippen molar-refractivity contribution in [3.05, 3.63) is 65.0 Å². The minimum absolute atomic E-state index is 0.0271. The van der Waals surface area contributed by atoms with Gasteiger partial charge in [0.05, 0.1) is 24.4 Å². The van der Waals surface area contributed by atoms with Gasteiger partial charge in [0.15, 0.2) is 17.0 Å². The zero-order chi connectivity index (χ0) is 24.9. The summed E-state index contributed by atoms with van der Waals surface area (Å²) in [6, 6.07) is 12.1. The third-order valence-corrected chi connectivity index (χ3v) is 7.81. The summed E-state index contributed by atoms with van der Waals surface area (Å²) >= 11 is 5.95. The van der Waals surface area contributed by atoms with E-state index in [0.29, 0.717) is 29.3 Å². The Bertz CT molecular complexity index is 1290. The first-order valence-corrected chi connectivity index (χ1v) is 13.3. The molecule has 2 aromatic carbocycles. The van der Waals surface area contributed by atoms with E-state index in [4.69, 9.17) is 21.1 Å². The van der Waals surface area contributed by atoms with Crippen LogP contribution in [0.3, 0.4) is 0 Å². The number of hydrogen-bond donors (Lipinski definition) is 0. The molecule has 1 aliphatic carbocycles. The molecule has 0 N–H and O–H groups in total. The van der Waals surface area contributed by atoms with Gasteiger partial charge < -0.3 is 14.4 Å². The topological polar surface area (TPSA) is 47.0 Å². The van der Waals surface area contributed by atoms with Gasteiger partial charge in [-0.2, -0.15) is 0 Å². The third-order valence-electron chi connectivity index (χ3n) is 7.53. The molecule has 0 amide bonds. The zero-order valence-corrected chi connectivity index (χ0v) is 21.5. The number of fused-ring (bicyclic) bond motifs is 2. The van der Waals surface area contributed by atoms with Crippen molar-refractivity contribution in [3.8, 4) is 11.5 Å². The van der Waals surface area contributed by atoms with Crippen molar-refractivity contribution in [1.29, 1.82) is 0 Å². The fourth-order valence-corrected chi connectivity index (χ4v) is 5.80. The van der Waals surface area contributed by atoms with E-state index in [9.17, 15) is 4.39 Å². The van der Waals surface area contributed by atoms with Crippen molar-refractivity contribution >= 4 is 28.1 Å². The van der Waals surface area contributed by atoms with Crippen molar-refractivity contribution < 1.29 is 13.9 Å². The summed E-state index contributed by atoms with van der Waals surface area (Å²) < 4.78 is 25.4. The lowest BCUT2D eigenvalue weighted by atomic mass is 9.75. The molecule has 2 fully saturated rings. The van der Waals surface area contributed by atoms with Gasteiger partial charge in [0, 0.05) is 24.7 Å². The molecule has 2 unspecified atom stereocenters. The van der Waals surface area contributed by atoms with E-state index in [1.54, 1.807) is 19.4 Å². The van der Waals surface area contributed by atoms with Crippen LogP contribution >= 0.6 is 11.6 Å². The van der Waals surface area contributed by atoms with Crippen molar-refractivity contribution in [1.82, 2.24) is 9.88 Å². The summed E-state index contributed by atoms with van der Waals surface area (Å²) in [7, 11) is 1.65. The fourth-order valence-electron chi connectivity index (χ4n) is 5.62. The maximum Gasteiger partial charge on any atom is 0.161 e. The van der Waals surface area contributed by atoms with Gasteiger partial charge in [0.25, 0.3) is 0 Å². The van der Waals surface area contributed by atoms with Crippen molar-refractivity contribution in [2.75, 3.05) is 33.4 Å². The number of rotatable bonds is 7. The van der Waals surface area contributed by atoms with Crippen molar-refractivity contribution in [3.63, 3.8) is 0 Å². The van der Waals surface area contributed by atoms with Gasteiger partial charge in [0.2, 0.25) is 0 Å². The summed E-state index contributed by atoms with van der Waals surface area (Å²) in [5.74, 6) is 2.70. The molecule has 5 rings (SSSR count). The summed E-state index contributed by atoms with van der Waals surface area (Å²) in [4.78, 5) is 11.7. The van der Waals surface area contributed by atoms with E-state index in [2.05, 4.69) is 14.9 Å². The van der Waals surface area contributed by atoms with E-state index >= 15 is 0 Å². The van der Waals surface area contributed by atoms with Crippen LogP contribution in [0.2, 0.25) is 5.02 Å². The highest BCUT2D eigenvalue weighted by Gasteiger charge is 2.30. The van der Waals surface area contributed by atoms with E-state index in [1.165, 1.54) is 57.3 Å². The highest BCUT2D eigenvalue weighted by Crippen LogP contribution is 2.36. The molecular weight excluding hydrogens is 477 g/mol. The Morgan fingerprint density at radius 1 is 1.08 bits per heavy atom. The first kappa shape index (κ1) is 25.0. The van der Waals surface area contributed by atoms with Crippen LogP contribution in [-0.4, -0.2) is 43.2 Å². The minimum atomic E-state index is -0.476. The predicted molar refractivity (Wildman–Crippen MR) is 142 cm³/mol. The van der Waals surface area contributed by atoms with Crippen molar-refractivity contribution in [2.24, 2.45) is 16.8 Å². The highest BCUT2D eigenvalue weighted by atomic mass is 35.5. The van der Waals surface area contributed by atoms with Crippen LogP contribution in [0.15, 0.2) is 53.7 Å². The minimum Gasteiger partial charge on any atom is -0.493 e. The van der Waals surface area contributed by atoms with Gasteiger partial charge in [-0.25, -0.2) is 14.4 Å². The molecular formula is C29H33ClFN3O2. The molecule has 2 heterocycles. The number of piperidine rings is 1. The third kappa shape index (κ3) is 5.81. The van der Waals surface area contributed by atoms with Crippen LogP contribution in [0.1, 0.15) is 38.5 Å². The molecule has 1 saturated heterocycles. The normalized spacial score (nSPS) is 20.8. The summed E-state index contributed by atoms with van der Waals surface area (Å²) in [5, 5.41) is 1.76. The maximum absolute atomic E-state index is 13.6. The summed E-state index contributed by atoms with van der Waals surface area (Å²) in [5.41, 5.74) is 1.03. The van der Waals surface area contributed by atoms with Crippen molar-refractivity contribution in [2.45, 2.75) is 38.5 Å². The largest absolute Gasteiger partial charge is 0.493 e. The molecule has 190 valence electrons. The molecule has 1 saturated carbocycles. The maximum atomic E-state index is 13.6. The van der Waals surface area contributed by atoms with Crippen LogP contribution in [0.5, 0.6) is 11.5 Å². The van der Waals surface area contributed by atoms with Crippen LogP contribution < -0.4 is 15.0 Å². The van der Waals surface area contributed by atoms with Crippen LogP contribution in [0, 0.1) is 17.7 Å². The molecule has 0 radical (unpaired) electrons. The fraction of sp³-hybridized carbons (Fsp3) is 0.448. The Morgan fingerprint density at radius 3 is 2.78 bits per heavy atom. The SMILES string of the molecule is COc1cc2cccnc(=Nc3ccc(F)c(Cl)c3)c2cc1OCCCN1CCC2CCCCC2C1. The van der Waals surface area contributed by atoms with Gasteiger partial charge >= 0.3 is 0 Å². The number of aromatic nitrogens is 1.